The summed E-state index contributed by atoms with van der Waals surface area (Å²) in [7, 11) is 1.56. The number of esters is 1. The standard InChI is InChI=1S/C28H37NO8/c1-17(2)6-9-27(33,15-23(30)31)25(32)37-24-22(34-4)14-28-8-5-10-29(28)11-7-18-12-20-21(36-16-35-20)13-19(18)26(24,28)3/h12-14,17,24,33H,5-11,15-16H2,1-4H3,(H,30,31)/t24-,26+,27?,28-/m0/s1. The van der Waals surface area contributed by atoms with Crippen LogP contribution in [-0.2, 0) is 30.9 Å². The lowest BCUT2D eigenvalue weighted by atomic mass is 9.65. The van der Waals surface area contributed by atoms with Crippen molar-refractivity contribution in [1.29, 1.82) is 0 Å². The van der Waals surface area contributed by atoms with E-state index in [9.17, 15) is 19.8 Å². The topological polar surface area (TPSA) is 115 Å². The van der Waals surface area contributed by atoms with Gasteiger partial charge in [-0.05, 0) is 80.8 Å². The van der Waals surface area contributed by atoms with E-state index >= 15 is 0 Å². The second-order valence-electron chi connectivity index (χ2n) is 11.4. The molecule has 1 aromatic carbocycles. The second kappa shape index (κ2) is 9.20. The summed E-state index contributed by atoms with van der Waals surface area (Å²) in [6.45, 7) is 7.89. The largest absolute Gasteiger partial charge is 0.497 e. The third-order valence-electron chi connectivity index (χ3n) is 8.84. The van der Waals surface area contributed by atoms with Gasteiger partial charge >= 0.3 is 11.9 Å². The Labute approximate surface area is 217 Å². The highest BCUT2D eigenvalue weighted by atomic mass is 16.7. The minimum absolute atomic E-state index is 0.00218. The summed E-state index contributed by atoms with van der Waals surface area (Å²) in [5.41, 5.74) is -1.29. The average molecular weight is 516 g/mol. The highest BCUT2D eigenvalue weighted by Gasteiger charge is 2.66. The summed E-state index contributed by atoms with van der Waals surface area (Å²) in [5, 5.41) is 20.8. The molecule has 2 N–H and O–H groups in total. The number of benzene rings is 1. The number of hydrogen-bond acceptors (Lipinski definition) is 8. The van der Waals surface area contributed by atoms with E-state index in [1.807, 2.05) is 26.0 Å². The Morgan fingerprint density at radius 2 is 1.97 bits per heavy atom. The number of hydrogen-bond donors (Lipinski definition) is 2. The van der Waals surface area contributed by atoms with Gasteiger partial charge in [0.15, 0.2) is 23.2 Å². The van der Waals surface area contributed by atoms with Gasteiger partial charge in [-0.2, -0.15) is 0 Å². The van der Waals surface area contributed by atoms with Crippen LogP contribution in [0.5, 0.6) is 11.5 Å². The van der Waals surface area contributed by atoms with Crippen LogP contribution >= 0.6 is 0 Å². The monoisotopic (exact) mass is 515 g/mol. The van der Waals surface area contributed by atoms with Crippen molar-refractivity contribution in [2.75, 3.05) is 27.0 Å². The first-order chi connectivity index (χ1) is 17.5. The van der Waals surface area contributed by atoms with Crippen LogP contribution in [0.15, 0.2) is 24.0 Å². The van der Waals surface area contributed by atoms with Crippen LogP contribution in [0.3, 0.4) is 0 Å². The zero-order chi connectivity index (χ0) is 26.6. The van der Waals surface area contributed by atoms with Crippen LogP contribution in [0.4, 0.5) is 0 Å². The van der Waals surface area contributed by atoms with Crippen molar-refractivity contribution in [3.8, 4) is 11.5 Å². The van der Waals surface area contributed by atoms with E-state index in [0.717, 1.165) is 43.5 Å². The molecular formula is C28H37NO8. The molecule has 1 fully saturated rings. The molecule has 202 valence electrons. The Balaban J connectivity index is 1.60. The lowest BCUT2D eigenvalue weighted by molar-refractivity contribution is -0.180. The van der Waals surface area contributed by atoms with E-state index in [4.69, 9.17) is 18.9 Å². The van der Waals surface area contributed by atoms with Crippen LogP contribution in [0.2, 0.25) is 0 Å². The zero-order valence-corrected chi connectivity index (χ0v) is 22.0. The number of carboxylic acid groups (broad SMARTS) is 1. The molecule has 4 atom stereocenters. The maximum absolute atomic E-state index is 13.6. The molecule has 1 saturated heterocycles. The SMILES string of the molecule is COC1=C[C@]23CCCN2CCc2cc4c(cc2[C@]3(C)[C@H]1OC(=O)C(O)(CCC(C)C)CC(=O)O)OCO4. The first kappa shape index (κ1) is 25.9. The molecule has 1 aromatic rings. The van der Waals surface area contributed by atoms with E-state index in [-0.39, 0.29) is 19.1 Å². The Morgan fingerprint density at radius 1 is 1.24 bits per heavy atom. The molecule has 0 bridgehead atoms. The van der Waals surface area contributed by atoms with Gasteiger partial charge in [0, 0.05) is 6.54 Å². The Kier molecular flexibility index (Phi) is 6.43. The number of methoxy groups -OCH3 is 1. The van der Waals surface area contributed by atoms with Crippen LogP contribution in [0.1, 0.15) is 64.0 Å². The van der Waals surface area contributed by atoms with Crippen molar-refractivity contribution in [3.05, 3.63) is 35.1 Å². The first-order valence-electron chi connectivity index (χ1n) is 13.1. The number of aliphatic carboxylic acids is 1. The van der Waals surface area contributed by atoms with Crippen LogP contribution in [0, 0.1) is 5.92 Å². The van der Waals surface area contributed by atoms with E-state index in [1.165, 1.54) is 0 Å². The van der Waals surface area contributed by atoms with Gasteiger partial charge in [-0.25, -0.2) is 4.79 Å². The predicted molar refractivity (Wildman–Crippen MR) is 133 cm³/mol. The van der Waals surface area contributed by atoms with E-state index in [2.05, 4.69) is 17.9 Å². The number of fused-ring (bicyclic) bond motifs is 3. The van der Waals surface area contributed by atoms with Gasteiger partial charge in [-0.1, -0.05) is 13.8 Å². The van der Waals surface area contributed by atoms with Gasteiger partial charge in [-0.3, -0.25) is 9.69 Å². The van der Waals surface area contributed by atoms with Crippen molar-refractivity contribution < 1.29 is 38.7 Å². The molecule has 4 aliphatic rings. The fourth-order valence-electron chi connectivity index (χ4n) is 6.84. The Bertz CT molecular complexity index is 1130. The van der Waals surface area contributed by atoms with Crippen molar-refractivity contribution in [1.82, 2.24) is 4.90 Å². The lowest BCUT2D eigenvalue weighted by Crippen LogP contribution is -2.59. The molecule has 1 spiro atoms. The molecule has 37 heavy (non-hydrogen) atoms. The summed E-state index contributed by atoms with van der Waals surface area (Å²) in [5.74, 6) is -0.145. The van der Waals surface area contributed by atoms with Crippen molar-refractivity contribution >= 4 is 11.9 Å². The molecule has 0 saturated carbocycles. The van der Waals surface area contributed by atoms with Crippen LogP contribution in [-0.4, -0.2) is 71.3 Å². The van der Waals surface area contributed by atoms with Gasteiger partial charge in [0.05, 0.1) is 24.5 Å². The third-order valence-corrected chi connectivity index (χ3v) is 8.84. The van der Waals surface area contributed by atoms with Gasteiger partial charge in [0.25, 0.3) is 0 Å². The normalized spacial score (nSPS) is 29.6. The fourth-order valence-corrected chi connectivity index (χ4v) is 6.84. The number of carbonyl (C=O) groups is 2. The molecule has 9 nitrogen and oxygen atoms in total. The summed E-state index contributed by atoms with van der Waals surface area (Å²) in [4.78, 5) is 27.7. The molecule has 0 aromatic heterocycles. The quantitative estimate of drug-likeness (QED) is 0.504. The molecule has 1 aliphatic carbocycles. The lowest BCUT2D eigenvalue weighted by Gasteiger charge is -2.48. The molecule has 5 rings (SSSR count). The fraction of sp³-hybridized carbons (Fsp3) is 0.643. The number of ether oxygens (including phenoxy) is 4. The van der Waals surface area contributed by atoms with Crippen molar-refractivity contribution in [2.24, 2.45) is 5.92 Å². The molecule has 1 unspecified atom stereocenters. The summed E-state index contributed by atoms with van der Waals surface area (Å²) in [6.07, 6.45) is 3.63. The van der Waals surface area contributed by atoms with E-state index < -0.39 is 41.0 Å². The van der Waals surface area contributed by atoms with Gasteiger partial charge in [-0.15, -0.1) is 0 Å². The van der Waals surface area contributed by atoms with Gasteiger partial charge < -0.3 is 29.2 Å². The van der Waals surface area contributed by atoms with Crippen molar-refractivity contribution in [3.63, 3.8) is 0 Å². The average Bonchev–Trinajstić information content (AvgIpc) is 3.52. The third kappa shape index (κ3) is 3.98. The van der Waals surface area contributed by atoms with Crippen LogP contribution < -0.4 is 9.47 Å². The minimum Gasteiger partial charge on any atom is -0.497 e. The maximum Gasteiger partial charge on any atom is 0.339 e. The number of carboxylic acids is 1. The molecule has 3 aliphatic heterocycles. The van der Waals surface area contributed by atoms with Gasteiger partial charge in [0.2, 0.25) is 6.79 Å². The van der Waals surface area contributed by atoms with Gasteiger partial charge in [0.1, 0.15) is 5.76 Å². The van der Waals surface area contributed by atoms with Crippen LogP contribution in [0.25, 0.3) is 0 Å². The molecule has 0 amide bonds. The Morgan fingerprint density at radius 3 is 2.65 bits per heavy atom. The Hall–Kier alpha value is -2.78. The highest BCUT2D eigenvalue weighted by Crippen LogP contribution is 2.59. The van der Waals surface area contributed by atoms with E-state index in [1.54, 1.807) is 7.11 Å². The minimum atomic E-state index is -2.14. The zero-order valence-electron chi connectivity index (χ0n) is 22.0. The maximum atomic E-state index is 13.6. The highest BCUT2D eigenvalue weighted by molar-refractivity contribution is 5.85. The molecule has 3 heterocycles. The summed E-state index contributed by atoms with van der Waals surface area (Å²) < 4.78 is 23.4. The van der Waals surface area contributed by atoms with Crippen molar-refractivity contribution in [2.45, 2.75) is 82.0 Å². The summed E-state index contributed by atoms with van der Waals surface area (Å²) in [6, 6.07) is 4.02. The first-order valence-corrected chi connectivity index (χ1v) is 13.1. The smallest absolute Gasteiger partial charge is 0.339 e. The summed E-state index contributed by atoms with van der Waals surface area (Å²) >= 11 is 0. The molecule has 0 radical (unpaired) electrons. The number of rotatable bonds is 8. The van der Waals surface area contributed by atoms with E-state index in [0.29, 0.717) is 23.7 Å². The molecular weight excluding hydrogens is 478 g/mol. The predicted octanol–water partition coefficient (Wildman–Crippen LogP) is 3.16. The molecule has 9 heteroatoms. The number of carbonyl (C=O) groups excluding carboxylic acids is 1. The number of nitrogens with zero attached hydrogens (tertiary/aromatic N) is 1. The second-order valence-corrected chi connectivity index (χ2v) is 11.4. The number of aliphatic hydroxyl groups is 1.